The Bertz CT molecular complexity index is 1190. The highest BCUT2D eigenvalue weighted by Crippen LogP contribution is 2.33. The number of nitrogens with zero attached hydrogens (tertiary/aromatic N) is 5. The van der Waals surface area contributed by atoms with Crippen LogP contribution >= 0.6 is 46.3 Å². The number of hydrogen-bond acceptors (Lipinski definition) is 8. The molecule has 3 heterocycles. The van der Waals surface area contributed by atoms with Gasteiger partial charge in [-0.1, -0.05) is 29.3 Å². The molecular weight excluding hydrogens is 483 g/mol. The second-order valence-electron chi connectivity index (χ2n) is 6.14. The Morgan fingerprint density at radius 3 is 2.81 bits per heavy atom. The first-order valence-corrected chi connectivity index (χ1v) is 11.2. The van der Waals surface area contributed by atoms with Gasteiger partial charge >= 0.3 is 0 Å². The van der Waals surface area contributed by atoms with E-state index in [1.807, 2.05) is 0 Å². The summed E-state index contributed by atoms with van der Waals surface area (Å²) >= 11 is 14.1. The number of halogens is 2. The highest BCUT2D eigenvalue weighted by Gasteiger charge is 2.34. The molecule has 4 rings (SSSR count). The summed E-state index contributed by atoms with van der Waals surface area (Å²) in [5, 5.41) is 15.8. The second-order valence-corrected chi connectivity index (χ2v) is 8.90. The monoisotopic (exact) mass is 494 g/mol. The van der Waals surface area contributed by atoms with E-state index in [0.717, 1.165) is 16.7 Å². The fourth-order valence-corrected chi connectivity index (χ4v) is 4.85. The van der Waals surface area contributed by atoms with Gasteiger partial charge in [-0.05, 0) is 57.4 Å². The normalized spacial score (nSPS) is 15.2. The van der Waals surface area contributed by atoms with E-state index >= 15 is 0 Å². The molecule has 3 amide bonds. The maximum atomic E-state index is 12.6. The van der Waals surface area contributed by atoms with Crippen molar-refractivity contribution in [1.29, 1.82) is 0 Å². The Labute approximate surface area is 194 Å². The quantitative estimate of drug-likeness (QED) is 0.522. The summed E-state index contributed by atoms with van der Waals surface area (Å²) in [6.45, 7) is 0.131. The molecular formula is C18H12Cl2N6O3S2. The molecule has 31 heavy (non-hydrogen) atoms. The lowest BCUT2D eigenvalue weighted by molar-refractivity contribution is -0.122. The van der Waals surface area contributed by atoms with Crippen LogP contribution < -0.4 is 5.32 Å². The third kappa shape index (κ3) is 4.64. The van der Waals surface area contributed by atoms with Crippen LogP contribution in [0.5, 0.6) is 0 Å². The highest BCUT2D eigenvalue weighted by atomic mass is 35.5. The summed E-state index contributed by atoms with van der Waals surface area (Å²) in [6, 6.07) is 6.59. The van der Waals surface area contributed by atoms with Crippen molar-refractivity contribution in [2.24, 2.45) is 0 Å². The summed E-state index contributed by atoms with van der Waals surface area (Å²) in [7, 11) is 0. The number of carbonyl (C=O) groups excluding carboxylic acids is 3. The third-order valence-electron chi connectivity index (χ3n) is 4.19. The van der Waals surface area contributed by atoms with E-state index in [1.165, 1.54) is 22.3 Å². The zero-order valence-corrected chi connectivity index (χ0v) is 18.6. The number of benzene rings is 1. The topological polar surface area (TPSA) is 110 Å². The van der Waals surface area contributed by atoms with Crippen molar-refractivity contribution in [2.45, 2.75) is 0 Å². The van der Waals surface area contributed by atoms with Gasteiger partial charge in [0.1, 0.15) is 11.2 Å². The number of tetrazole rings is 1. The third-order valence-corrected chi connectivity index (χ3v) is 6.56. The Morgan fingerprint density at radius 2 is 2.06 bits per heavy atom. The number of nitrogens with one attached hydrogen (secondary N) is 1. The van der Waals surface area contributed by atoms with Crippen LogP contribution in [0.15, 0.2) is 40.9 Å². The van der Waals surface area contributed by atoms with Crippen LogP contribution in [-0.4, -0.2) is 55.3 Å². The average Bonchev–Trinajstić information content (AvgIpc) is 3.47. The van der Waals surface area contributed by atoms with E-state index in [2.05, 4.69) is 20.8 Å². The predicted octanol–water partition coefficient (Wildman–Crippen LogP) is 3.50. The van der Waals surface area contributed by atoms with E-state index < -0.39 is 11.1 Å². The van der Waals surface area contributed by atoms with Gasteiger partial charge in [-0.2, -0.15) is 4.68 Å². The van der Waals surface area contributed by atoms with Gasteiger partial charge in [0.2, 0.25) is 0 Å². The van der Waals surface area contributed by atoms with Crippen LogP contribution in [0.1, 0.15) is 15.2 Å². The zero-order chi connectivity index (χ0) is 22.0. The lowest BCUT2D eigenvalue weighted by Gasteiger charge is -2.13. The molecule has 1 fully saturated rings. The van der Waals surface area contributed by atoms with Crippen LogP contribution in [0.4, 0.5) is 4.79 Å². The fourth-order valence-electron chi connectivity index (χ4n) is 2.74. The van der Waals surface area contributed by atoms with Gasteiger partial charge in [-0.3, -0.25) is 19.3 Å². The number of thioether (sulfide) groups is 1. The van der Waals surface area contributed by atoms with Gasteiger partial charge in [0.05, 0.1) is 10.6 Å². The Kier molecular flexibility index (Phi) is 6.37. The first kappa shape index (κ1) is 21.5. The van der Waals surface area contributed by atoms with E-state index in [9.17, 15) is 14.4 Å². The molecule has 1 aliphatic heterocycles. The molecule has 0 saturated carbocycles. The first-order valence-electron chi connectivity index (χ1n) is 8.73. The summed E-state index contributed by atoms with van der Waals surface area (Å²) in [4.78, 5) is 39.2. The van der Waals surface area contributed by atoms with Crippen LogP contribution in [0.3, 0.4) is 0 Å². The van der Waals surface area contributed by atoms with Crippen molar-refractivity contribution in [3.8, 4) is 5.69 Å². The van der Waals surface area contributed by atoms with Crippen LogP contribution in [-0.2, 0) is 4.79 Å². The number of thiophene rings is 1. The molecule has 1 aliphatic rings. The van der Waals surface area contributed by atoms with E-state index in [4.69, 9.17) is 23.2 Å². The molecule has 0 bridgehead atoms. The molecule has 2 aromatic heterocycles. The number of hydrogen-bond donors (Lipinski definition) is 1. The van der Waals surface area contributed by atoms with E-state index in [-0.39, 0.29) is 23.9 Å². The van der Waals surface area contributed by atoms with Crippen molar-refractivity contribution >= 4 is 69.4 Å². The standard InChI is InChI=1S/C18H12Cl2N6O3S2/c19-11-2-1-10(12(20)8-11)7-14-17(28)25(18(29)31-14)5-4-21-16(27)15-13(3-6-30-15)26-9-22-23-24-26/h1-3,6-9H,4-5H2,(H,21,27). The maximum Gasteiger partial charge on any atom is 0.293 e. The molecule has 0 atom stereocenters. The number of carbonyl (C=O) groups is 3. The summed E-state index contributed by atoms with van der Waals surface area (Å²) in [6.07, 6.45) is 2.94. The van der Waals surface area contributed by atoms with Gasteiger partial charge in [0.25, 0.3) is 17.1 Å². The van der Waals surface area contributed by atoms with E-state index in [0.29, 0.717) is 26.2 Å². The minimum absolute atomic E-state index is 0.0354. The second kappa shape index (κ2) is 9.18. The van der Waals surface area contributed by atoms with E-state index in [1.54, 1.807) is 35.7 Å². The van der Waals surface area contributed by atoms with Crippen molar-refractivity contribution < 1.29 is 14.4 Å². The molecule has 0 spiro atoms. The highest BCUT2D eigenvalue weighted by molar-refractivity contribution is 8.18. The van der Waals surface area contributed by atoms with Crippen molar-refractivity contribution in [3.63, 3.8) is 0 Å². The molecule has 1 aromatic carbocycles. The molecule has 13 heteroatoms. The molecule has 0 radical (unpaired) electrons. The Morgan fingerprint density at radius 1 is 1.23 bits per heavy atom. The summed E-state index contributed by atoms with van der Waals surface area (Å²) < 4.78 is 1.38. The maximum absolute atomic E-state index is 12.6. The van der Waals surface area contributed by atoms with Gasteiger partial charge in [0, 0.05) is 23.1 Å². The first-order chi connectivity index (χ1) is 14.9. The van der Waals surface area contributed by atoms with Gasteiger partial charge < -0.3 is 5.32 Å². The van der Waals surface area contributed by atoms with Gasteiger partial charge in [0.15, 0.2) is 0 Å². The smallest absolute Gasteiger partial charge is 0.293 e. The molecule has 9 nitrogen and oxygen atoms in total. The number of imide groups is 1. The predicted molar refractivity (Wildman–Crippen MR) is 119 cm³/mol. The van der Waals surface area contributed by atoms with Crippen molar-refractivity contribution in [3.05, 3.63) is 61.4 Å². The lowest BCUT2D eigenvalue weighted by Crippen LogP contribution is -2.37. The molecule has 0 unspecified atom stereocenters. The summed E-state index contributed by atoms with van der Waals surface area (Å²) in [5.74, 6) is -0.795. The largest absolute Gasteiger partial charge is 0.349 e. The summed E-state index contributed by atoms with van der Waals surface area (Å²) in [5.41, 5.74) is 1.12. The van der Waals surface area contributed by atoms with Gasteiger partial charge in [-0.25, -0.2) is 0 Å². The van der Waals surface area contributed by atoms with Crippen molar-refractivity contribution in [1.82, 2.24) is 30.4 Å². The minimum atomic E-state index is -0.444. The molecule has 3 aromatic rings. The minimum Gasteiger partial charge on any atom is -0.349 e. The number of aromatic nitrogens is 4. The van der Waals surface area contributed by atoms with Gasteiger partial charge in [-0.15, -0.1) is 16.4 Å². The molecule has 1 N–H and O–H groups in total. The zero-order valence-electron chi connectivity index (χ0n) is 15.5. The SMILES string of the molecule is O=C(NCCN1C(=O)SC(=Cc2ccc(Cl)cc2Cl)C1=O)c1sccc1-n1cnnn1. The van der Waals surface area contributed by atoms with Crippen LogP contribution in [0, 0.1) is 0 Å². The molecule has 158 valence electrons. The average molecular weight is 495 g/mol. The molecule has 0 aliphatic carbocycles. The van der Waals surface area contributed by atoms with Crippen molar-refractivity contribution in [2.75, 3.05) is 13.1 Å². The lowest BCUT2D eigenvalue weighted by atomic mass is 10.2. The van der Waals surface area contributed by atoms with Crippen LogP contribution in [0.2, 0.25) is 10.0 Å². The molecule has 1 saturated heterocycles. The van der Waals surface area contributed by atoms with Crippen LogP contribution in [0.25, 0.3) is 11.8 Å². The number of rotatable bonds is 6. The Hall–Kier alpha value is -2.73. The Balaban J connectivity index is 1.39. The fraction of sp³-hybridized carbons (Fsp3) is 0.111. The number of amides is 3.